The molecule has 0 bridgehead atoms. The number of rotatable bonds is 5. The van der Waals surface area contributed by atoms with E-state index in [-0.39, 0.29) is 11.7 Å². The quantitative estimate of drug-likeness (QED) is 0.430. The Hall–Kier alpha value is -0.0400. The lowest BCUT2D eigenvalue weighted by atomic mass is 10.2. The van der Waals surface area contributed by atoms with Crippen LogP contribution in [0.1, 0.15) is 32.6 Å². The minimum absolute atomic E-state index is 0.0200. The standard InChI is InChI=1S/C8H14ClF/c1-2-3-4-5-6-8(10)7-9/h6H,2-5,7H2,1H3/b8-6+. The van der Waals surface area contributed by atoms with Crippen molar-refractivity contribution in [3.63, 3.8) is 0 Å². The highest BCUT2D eigenvalue weighted by molar-refractivity contribution is 6.19. The average Bonchev–Trinajstić information content (AvgIpc) is 1.98. The van der Waals surface area contributed by atoms with Gasteiger partial charge >= 0.3 is 0 Å². The summed E-state index contributed by atoms with van der Waals surface area (Å²) in [7, 11) is 0. The number of unbranched alkanes of at least 4 members (excludes halogenated alkanes) is 3. The van der Waals surface area contributed by atoms with Crippen LogP contribution in [0.3, 0.4) is 0 Å². The maximum Gasteiger partial charge on any atom is 0.111 e. The van der Waals surface area contributed by atoms with Gasteiger partial charge < -0.3 is 0 Å². The predicted molar refractivity (Wildman–Crippen MR) is 44.1 cm³/mol. The lowest BCUT2D eigenvalue weighted by Gasteiger charge is -1.91. The summed E-state index contributed by atoms with van der Waals surface area (Å²) in [5.41, 5.74) is 0. The summed E-state index contributed by atoms with van der Waals surface area (Å²) < 4.78 is 12.3. The van der Waals surface area contributed by atoms with Gasteiger partial charge in [0.15, 0.2) is 0 Å². The topological polar surface area (TPSA) is 0 Å². The molecule has 0 saturated heterocycles. The molecule has 0 atom stereocenters. The summed E-state index contributed by atoms with van der Waals surface area (Å²) in [6, 6.07) is 0. The molecule has 0 radical (unpaired) electrons. The third kappa shape index (κ3) is 6.09. The molecule has 2 heteroatoms. The highest BCUT2D eigenvalue weighted by Gasteiger charge is 1.89. The molecule has 0 aromatic rings. The Kier molecular flexibility index (Phi) is 7.04. The molecule has 0 fully saturated rings. The van der Waals surface area contributed by atoms with E-state index in [1.165, 1.54) is 12.8 Å². The second-order valence-electron chi connectivity index (χ2n) is 2.28. The Labute approximate surface area is 67.1 Å². The summed E-state index contributed by atoms with van der Waals surface area (Å²) >= 11 is 5.22. The zero-order chi connectivity index (χ0) is 7.82. The summed E-state index contributed by atoms with van der Waals surface area (Å²) in [6.45, 7) is 2.13. The van der Waals surface area contributed by atoms with Crippen molar-refractivity contribution in [2.75, 3.05) is 5.88 Å². The van der Waals surface area contributed by atoms with Crippen molar-refractivity contribution in [3.05, 3.63) is 11.9 Å². The Morgan fingerprint density at radius 2 is 2.20 bits per heavy atom. The molecule has 0 heterocycles. The van der Waals surface area contributed by atoms with E-state index in [1.807, 2.05) is 0 Å². The van der Waals surface area contributed by atoms with Gasteiger partial charge in [-0.3, -0.25) is 0 Å². The SMILES string of the molecule is CCCCC/C=C(/F)CCl. The van der Waals surface area contributed by atoms with Gasteiger partial charge in [0.1, 0.15) is 5.83 Å². The Morgan fingerprint density at radius 1 is 1.50 bits per heavy atom. The monoisotopic (exact) mass is 164 g/mol. The highest BCUT2D eigenvalue weighted by Crippen LogP contribution is 2.05. The molecule has 0 nitrogen and oxygen atoms in total. The van der Waals surface area contributed by atoms with E-state index in [4.69, 9.17) is 11.6 Å². The fourth-order valence-corrected chi connectivity index (χ4v) is 0.817. The van der Waals surface area contributed by atoms with Crippen molar-refractivity contribution in [2.45, 2.75) is 32.6 Å². The molecule has 0 aromatic heterocycles. The third-order valence-electron chi connectivity index (χ3n) is 1.30. The molecule has 0 unspecified atom stereocenters. The molecule has 0 rings (SSSR count). The van der Waals surface area contributed by atoms with Gasteiger partial charge in [-0.2, -0.15) is 0 Å². The fraction of sp³-hybridized carbons (Fsp3) is 0.750. The molecule has 0 N–H and O–H groups in total. The minimum atomic E-state index is -0.197. The lowest BCUT2D eigenvalue weighted by molar-refractivity contribution is 0.628. The van der Waals surface area contributed by atoms with Crippen molar-refractivity contribution in [2.24, 2.45) is 0 Å². The van der Waals surface area contributed by atoms with Crippen LogP contribution in [0.25, 0.3) is 0 Å². The zero-order valence-electron chi connectivity index (χ0n) is 6.37. The van der Waals surface area contributed by atoms with Gasteiger partial charge in [-0.25, -0.2) is 4.39 Å². The second kappa shape index (κ2) is 7.07. The van der Waals surface area contributed by atoms with Crippen molar-refractivity contribution >= 4 is 11.6 Å². The summed E-state index contributed by atoms with van der Waals surface area (Å²) in [5, 5.41) is 0. The smallest absolute Gasteiger partial charge is 0.111 e. The molecule has 0 aliphatic rings. The van der Waals surface area contributed by atoms with Gasteiger partial charge in [-0.15, -0.1) is 11.6 Å². The van der Waals surface area contributed by atoms with Gasteiger partial charge in [0.05, 0.1) is 5.88 Å². The lowest BCUT2D eigenvalue weighted by Crippen LogP contribution is -1.76. The van der Waals surface area contributed by atoms with E-state index >= 15 is 0 Å². The summed E-state index contributed by atoms with van der Waals surface area (Å²) in [5.74, 6) is -0.177. The van der Waals surface area contributed by atoms with Crippen LogP contribution >= 0.6 is 11.6 Å². The van der Waals surface area contributed by atoms with Gasteiger partial charge in [0, 0.05) is 0 Å². The van der Waals surface area contributed by atoms with E-state index in [1.54, 1.807) is 6.08 Å². The van der Waals surface area contributed by atoms with Crippen LogP contribution in [0, 0.1) is 0 Å². The summed E-state index contributed by atoms with van der Waals surface area (Å²) in [6.07, 6.45) is 5.82. The van der Waals surface area contributed by atoms with Crippen LogP contribution in [0.5, 0.6) is 0 Å². The Balaban J connectivity index is 3.16. The number of hydrogen-bond acceptors (Lipinski definition) is 0. The van der Waals surface area contributed by atoms with Crippen LogP contribution in [0.4, 0.5) is 4.39 Å². The van der Waals surface area contributed by atoms with E-state index < -0.39 is 0 Å². The zero-order valence-corrected chi connectivity index (χ0v) is 7.12. The molecule has 0 saturated carbocycles. The number of allylic oxidation sites excluding steroid dienone is 2. The van der Waals surface area contributed by atoms with Crippen LogP contribution in [0.15, 0.2) is 11.9 Å². The number of alkyl halides is 1. The van der Waals surface area contributed by atoms with Crippen molar-refractivity contribution < 1.29 is 4.39 Å². The Bertz CT molecular complexity index is 99.4. The van der Waals surface area contributed by atoms with E-state index in [9.17, 15) is 4.39 Å². The van der Waals surface area contributed by atoms with E-state index in [0.717, 1.165) is 12.8 Å². The highest BCUT2D eigenvalue weighted by atomic mass is 35.5. The van der Waals surface area contributed by atoms with Gasteiger partial charge in [-0.1, -0.05) is 25.8 Å². The van der Waals surface area contributed by atoms with Crippen LogP contribution < -0.4 is 0 Å². The molecule has 10 heavy (non-hydrogen) atoms. The van der Waals surface area contributed by atoms with E-state index in [0.29, 0.717) is 0 Å². The first kappa shape index (κ1) is 9.96. The summed E-state index contributed by atoms with van der Waals surface area (Å²) in [4.78, 5) is 0. The van der Waals surface area contributed by atoms with Gasteiger partial charge in [-0.05, 0) is 12.8 Å². The molecule has 0 amide bonds. The van der Waals surface area contributed by atoms with Crippen molar-refractivity contribution in [1.29, 1.82) is 0 Å². The molecule has 0 aromatic carbocycles. The number of halogens is 2. The van der Waals surface area contributed by atoms with Crippen LogP contribution in [0.2, 0.25) is 0 Å². The minimum Gasteiger partial charge on any atom is -0.211 e. The molecular weight excluding hydrogens is 151 g/mol. The average molecular weight is 165 g/mol. The predicted octanol–water partition coefficient (Wildman–Crippen LogP) is 3.66. The largest absolute Gasteiger partial charge is 0.211 e. The van der Waals surface area contributed by atoms with Crippen LogP contribution in [-0.4, -0.2) is 5.88 Å². The second-order valence-corrected chi connectivity index (χ2v) is 2.55. The fourth-order valence-electron chi connectivity index (χ4n) is 0.708. The third-order valence-corrected chi connectivity index (χ3v) is 1.56. The molecule has 0 spiro atoms. The van der Waals surface area contributed by atoms with Crippen molar-refractivity contribution in [3.8, 4) is 0 Å². The Morgan fingerprint density at radius 3 is 2.70 bits per heavy atom. The maximum absolute atomic E-state index is 12.3. The molecule has 0 aliphatic heterocycles. The number of hydrogen-bond donors (Lipinski definition) is 0. The van der Waals surface area contributed by atoms with Crippen LogP contribution in [-0.2, 0) is 0 Å². The van der Waals surface area contributed by atoms with Gasteiger partial charge in [0.25, 0.3) is 0 Å². The van der Waals surface area contributed by atoms with Gasteiger partial charge in [0.2, 0.25) is 0 Å². The first-order chi connectivity index (χ1) is 4.81. The van der Waals surface area contributed by atoms with Crippen molar-refractivity contribution in [1.82, 2.24) is 0 Å². The molecular formula is C8H14ClF. The maximum atomic E-state index is 12.3. The molecule has 0 aliphatic carbocycles. The molecule has 60 valence electrons. The normalized spacial score (nSPS) is 12.1. The first-order valence-corrected chi connectivity index (χ1v) is 4.25. The van der Waals surface area contributed by atoms with E-state index in [2.05, 4.69) is 6.92 Å². The first-order valence-electron chi connectivity index (χ1n) is 3.71.